The lowest BCUT2D eigenvalue weighted by molar-refractivity contribution is -0.384. The van der Waals surface area contributed by atoms with Gasteiger partial charge in [-0.1, -0.05) is 27.7 Å². The Morgan fingerprint density at radius 2 is 1.79 bits per heavy atom. The summed E-state index contributed by atoms with van der Waals surface area (Å²) in [5.74, 6) is -2.63. The summed E-state index contributed by atoms with van der Waals surface area (Å²) in [5, 5.41) is 11.0. The van der Waals surface area contributed by atoms with E-state index >= 15 is 0 Å². The smallest absolute Gasteiger partial charge is 0.362 e. The topological polar surface area (TPSA) is 137 Å². The molecule has 0 spiro atoms. The van der Waals surface area contributed by atoms with Gasteiger partial charge in [-0.05, 0) is 49.8 Å². The number of hydrogen-bond donors (Lipinski definition) is 0. The molecule has 1 saturated heterocycles. The van der Waals surface area contributed by atoms with Gasteiger partial charge in [-0.25, -0.2) is 14.6 Å². The number of esters is 2. The highest BCUT2D eigenvalue weighted by atomic mass is 28.4. The van der Waals surface area contributed by atoms with Crippen LogP contribution in [0.3, 0.4) is 0 Å². The zero-order valence-electron chi connectivity index (χ0n) is 25.7. The summed E-state index contributed by atoms with van der Waals surface area (Å²) >= 11 is 0. The number of nitro groups is 1. The lowest BCUT2D eigenvalue weighted by atomic mass is 9.77. The molecule has 4 atom stereocenters. The number of amides is 1. The van der Waals surface area contributed by atoms with Gasteiger partial charge in [0.1, 0.15) is 5.70 Å². The van der Waals surface area contributed by atoms with Crippen LogP contribution in [0.2, 0.25) is 18.1 Å². The summed E-state index contributed by atoms with van der Waals surface area (Å²) < 4.78 is 13.9. The summed E-state index contributed by atoms with van der Waals surface area (Å²) in [7, 11) is -0.0529. The number of β-lactam (4-membered cyclic amide) rings is 1. The van der Waals surface area contributed by atoms with Crippen LogP contribution in [0.5, 0.6) is 0 Å². The van der Waals surface area contributed by atoms with Gasteiger partial charge in [0, 0.05) is 50.1 Å². The molecule has 1 amide bonds. The maximum Gasteiger partial charge on any atom is 0.362 e. The Labute approximate surface area is 252 Å². The lowest BCUT2D eigenvalue weighted by Crippen LogP contribution is -2.65. The maximum atomic E-state index is 13.7. The van der Waals surface area contributed by atoms with E-state index in [4.69, 9.17) is 9.16 Å². The summed E-state index contributed by atoms with van der Waals surface area (Å²) in [5.41, 5.74) is 0.637. The number of carbonyl (C=O) groups is 3. The number of carbonyl (C=O) groups excluding carboxylic acids is 3. The Balaban J connectivity index is 1.58. The predicted molar refractivity (Wildman–Crippen MR) is 161 cm³/mol. The van der Waals surface area contributed by atoms with Crippen LogP contribution in [-0.2, 0) is 25.3 Å². The standard InChI is InChI=1S/C30H41N5O7Si/c1-7-43(8-2,9-3)42-21(5)25-26-20(4)24(18-32(6)16-17-33-15-14-31-19-33)27(34(26)28(25)36)30(38)41-29(37)22-10-12-23(13-11-22)35(39)40/h10-15,19-21,25-26H,7-9,16-18H2,1-6H3/t20-,21+,25+,26+/m0/s1. The van der Waals surface area contributed by atoms with Crippen LogP contribution in [0.25, 0.3) is 0 Å². The molecule has 43 heavy (non-hydrogen) atoms. The zero-order valence-corrected chi connectivity index (χ0v) is 26.7. The Bertz CT molecular complexity index is 1370. The van der Waals surface area contributed by atoms with Gasteiger partial charge in [-0.3, -0.25) is 14.9 Å². The molecule has 2 aromatic rings. The van der Waals surface area contributed by atoms with Crippen molar-refractivity contribution in [2.75, 3.05) is 20.1 Å². The number of hydrogen-bond acceptors (Lipinski definition) is 9. The lowest BCUT2D eigenvalue weighted by Gasteiger charge is -2.49. The van der Waals surface area contributed by atoms with Crippen molar-refractivity contribution >= 4 is 31.9 Å². The van der Waals surface area contributed by atoms with Crippen molar-refractivity contribution in [3.63, 3.8) is 0 Å². The van der Waals surface area contributed by atoms with Crippen LogP contribution in [0.1, 0.15) is 45.0 Å². The zero-order chi connectivity index (χ0) is 31.5. The van der Waals surface area contributed by atoms with Gasteiger partial charge in [-0.15, -0.1) is 0 Å². The first-order valence-corrected chi connectivity index (χ1v) is 17.4. The number of fused-ring (bicyclic) bond motifs is 1. The second-order valence-corrected chi connectivity index (χ2v) is 16.2. The van der Waals surface area contributed by atoms with E-state index in [2.05, 4.69) is 30.7 Å². The van der Waals surface area contributed by atoms with Crippen molar-refractivity contribution in [1.29, 1.82) is 0 Å². The molecule has 12 nitrogen and oxygen atoms in total. The minimum Gasteiger partial charge on any atom is -0.413 e. The number of nitro benzene ring substituents is 1. The highest BCUT2D eigenvalue weighted by Gasteiger charge is 2.61. The fourth-order valence-corrected chi connectivity index (χ4v) is 9.22. The first-order valence-electron chi connectivity index (χ1n) is 14.9. The van der Waals surface area contributed by atoms with Gasteiger partial charge in [0.15, 0.2) is 8.32 Å². The van der Waals surface area contributed by atoms with Crippen molar-refractivity contribution in [2.45, 2.75) is 71.4 Å². The van der Waals surface area contributed by atoms with Gasteiger partial charge in [0.25, 0.3) is 5.69 Å². The summed E-state index contributed by atoms with van der Waals surface area (Å²) in [6.45, 7) is 12.2. The maximum absolute atomic E-state index is 13.7. The second-order valence-electron chi connectivity index (χ2n) is 11.5. The summed E-state index contributed by atoms with van der Waals surface area (Å²) in [6.07, 6.45) is 5.02. The molecule has 3 heterocycles. The first kappa shape index (κ1) is 32.2. The van der Waals surface area contributed by atoms with Gasteiger partial charge in [-0.2, -0.15) is 0 Å². The number of likely N-dealkylation sites (N-methyl/N-ethyl adjacent to an activating group) is 1. The van der Waals surface area contributed by atoms with Crippen LogP contribution in [0.15, 0.2) is 54.3 Å². The second kappa shape index (κ2) is 13.3. The van der Waals surface area contributed by atoms with Crippen LogP contribution in [0.4, 0.5) is 5.69 Å². The van der Waals surface area contributed by atoms with Crippen molar-refractivity contribution in [1.82, 2.24) is 19.4 Å². The quantitative estimate of drug-likeness (QED) is 0.0767. The van der Waals surface area contributed by atoms with Crippen molar-refractivity contribution in [3.05, 3.63) is 69.9 Å². The van der Waals surface area contributed by atoms with E-state index in [9.17, 15) is 24.5 Å². The van der Waals surface area contributed by atoms with E-state index in [0.29, 0.717) is 19.6 Å². The van der Waals surface area contributed by atoms with Gasteiger partial charge in [0.05, 0.1) is 34.9 Å². The third kappa shape index (κ3) is 6.48. The van der Waals surface area contributed by atoms with E-state index in [1.165, 1.54) is 29.2 Å². The average molecular weight is 612 g/mol. The molecule has 0 radical (unpaired) electrons. The average Bonchev–Trinajstić information content (AvgIpc) is 3.60. The van der Waals surface area contributed by atoms with Gasteiger partial charge < -0.3 is 23.5 Å². The molecule has 2 aliphatic rings. The number of nitrogens with zero attached hydrogens (tertiary/aromatic N) is 5. The molecule has 1 fully saturated rings. The Kier molecular flexibility index (Phi) is 9.98. The first-order chi connectivity index (χ1) is 20.5. The highest BCUT2D eigenvalue weighted by molar-refractivity contribution is 6.73. The molecule has 1 aromatic heterocycles. The molecule has 4 rings (SSSR count). The van der Waals surface area contributed by atoms with E-state index < -0.39 is 31.1 Å². The molecular weight excluding hydrogens is 570 g/mol. The number of non-ortho nitro benzene ring substituents is 1. The van der Waals surface area contributed by atoms with Gasteiger partial charge in [0.2, 0.25) is 5.91 Å². The Morgan fingerprint density at radius 3 is 2.35 bits per heavy atom. The molecule has 2 aliphatic heterocycles. The summed E-state index contributed by atoms with van der Waals surface area (Å²) in [4.78, 5) is 58.2. The molecule has 0 N–H and O–H groups in total. The number of ether oxygens (including phenoxy) is 1. The molecular formula is C30H41N5O7Si. The Hall–Kier alpha value is -3.68. The molecule has 1 aromatic carbocycles. The normalized spacial score (nSPS) is 20.7. The molecule has 13 heteroatoms. The molecule has 0 unspecified atom stereocenters. The van der Waals surface area contributed by atoms with E-state index in [1.807, 2.05) is 31.7 Å². The minimum absolute atomic E-state index is 0.00373. The minimum atomic E-state index is -1.99. The Morgan fingerprint density at radius 1 is 1.14 bits per heavy atom. The third-order valence-electron chi connectivity index (χ3n) is 9.10. The van der Waals surface area contributed by atoms with Crippen molar-refractivity contribution < 1.29 is 28.5 Å². The summed E-state index contributed by atoms with van der Waals surface area (Å²) in [6, 6.07) is 7.42. The molecule has 0 saturated carbocycles. The molecule has 0 aliphatic carbocycles. The number of aromatic nitrogens is 2. The van der Waals surface area contributed by atoms with Gasteiger partial charge >= 0.3 is 11.9 Å². The number of benzene rings is 1. The van der Waals surface area contributed by atoms with E-state index in [-0.39, 0.29) is 40.9 Å². The molecule has 232 valence electrons. The fourth-order valence-electron chi connectivity index (χ4n) is 6.28. The predicted octanol–water partition coefficient (Wildman–Crippen LogP) is 4.25. The van der Waals surface area contributed by atoms with Crippen LogP contribution in [-0.4, -0.2) is 82.7 Å². The van der Waals surface area contributed by atoms with E-state index in [0.717, 1.165) is 23.7 Å². The largest absolute Gasteiger partial charge is 0.413 e. The van der Waals surface area contributed by atoms with Crippen molar-refractivity contribution in [2.24, 2.45) is 11.8 Å². The van der Waals surface area contributed by atoms with Crippen LogP contribution < -0.4 is 0 Å². The van der Waals surface area contributed by atoms with Crippen LogP contribution in [0, 0.1) is 22.0 Å². The van der Waals surface area contributed by atoms with Crippen molar-refractivity contribution in [3.8, 4) is 0 Å². The number of imidazole rings is 1. The van der Waals surface area contributed by atoms with E-state index in [1.54, 1.807) is 12.5 Å². The highest BCUT2D eigenvalue weighted by Crippen LogP contribution is 2.48. The SMILES string of the molecule is CC[Si](CC)(CC)O[C@H](C)[C@H]1C(=O)N2C(C(=O)OC(=O)c3ccc([N+](=O)[O-])cc3)=C(CN(C)CCn3ccnc3)[C@H](C)[C@H]12. The van der Waals surface area contributed by atoms with Crippen LogP contribution >= 0.6 is 0 Å². The monoisotopic (exact) mass is 611 g/mol. The number of rotatable bonds is 14. The fraction of sp³-hybridized carbons (Fsp3) is 0.533. The third-order valence-corrected chi connectivity index (χ3v) is 13.8. The molecule has 0 bridgehead atoms.